The second-order valence-electron chi connectivity index (χ2n) is 6.87. The molecule has 5 heteroatoms. The number of amides is 1. The minimum absolute atomic E-state index is 0.0678. The van der Waals surface area contributed by atoms with Crippen LogP contribution in [-0.4, -0.2) is 36.4 Å². The first-order valence-electron chi connectivity index (χ1n) is 8.54. The second kappa shape index (κ2) is 7.66. The van der Waals surface area contributed by atoms with Crippen molar-refractivity contribution in [3.63, 3.8) is 0 Å². The lowest BCUT2D eigenvalue weighted by Crippen LogP contribution is -3.11. The molecule has 25 heavy (non-hydrogen) atoms. The molecule has 1 atom stereocenters. The van der Waals surface area contributed by atoms with Gasteiger partial charge in [0.05, 0.1) is 7.05 Å². The third-order valence-corrected chi connectivity index (χ3v) is 4.88. The number of nitrogens with zero attached hydrogens (tertiary/aromatic N) is 1. The van der Waals surface area contributed by atoms with Crippen LogP contribution in [0.4, 0.5) is 5.69 Å². The Balaban J connectivity index is 1.96. The van der Waals surface area contributed by atoms with Gasteiger partial charge in [0.25, 0.3) is 5.91 Å². The third-order valence-electron chi connectivity index (χ3n) is 4.88. The molecule has 0 aliphatic heterocycles. The maximum atomic E-state index is 12.5. The number of benzene rings is 1. The highest BCUT2D eigenvalue weighted by Crippen LogP contribution is 2.17. The standard InChI is InChI=1S/C20H27N3O2/c1-13-8-7-9-18(15(13)3)21-20(25)12-22(5)11-19(24)17-10-14(2)23(6)16(17)4/h7-10H,11-12H2,1-6H3,(H,21,25)/p+1. The van der Waals surface area contributed by atoms with E-state index in [1.807, 2.05) is 70.6 Å². The zero-order valence-electron chi connectivity index (χ0n) is 16.0. The van der Waals surface area contributed by atoms with Crippen LogP contribution in [0.5, 0.6) is 0 Å². The molecule has 0 bridgehead atoms. The summed E-state index contributed by atoms with van der Waals surface area (Å²) in [6, 6.07) is 7.77. The van der Waals surface area contributed by atoms with Crippen LogP contribution in [0.1, 0.15) is 32.9 Å². The maximum Gasteiger partial charge on any atom is 0.279 e. The quantitative estimate of drug-likeness (QED) is 0.784. The number of anilines is 1. The number of carbonyl (C=O) groups is 2. The number of rotatable bonds is 6. The van der Waals surface area contributed by atoms with Crippen LogP contribution in [0.3, 0.4) is 0 Å². The van der Waals surface area contributed by atoms with Gasteiger partial charge in [-0.2, -0.15) is 0 Å². The molecule has 0 aliphatic rings. The summed E-state index contributed by atoms with van der Waals surface area (Å²) in [5.74, 6) is -0.0156. The van der Waals surface area contributed by atoms with Crippen molar-refractivity contribution in [2.24, 2.45) is 7.05 Å². The van der Waals surface area contributed by atoms with E-state index < -0.39 is 0 Å². The van der Waals surface area contributed by atoms with E-state index in [0.717, 1.165) is 38.7 Å². The number of hydrogen-bond donors (Lipinski definition) is 2. The lowest BCUT2D eigenvalue weighted by molar-refractivity contribution is -0.861. The van der Waals surface area contributed by atoms with Crippen LogP contribution in [0.15, 0.2) is 24.3 Å². The maximum absolute atomic E-state index is 12.5. The molecule has 1 heterocycles. The summed E-state index contributed by atoms with van der Waals surface area (Å²) in [6.07, 6.45) is 0. The molecule has 1 amide bonds. The number of quaternary nitrogens is 1. The fourth-order valence-electron chi connectivity index (χ4n) is 2.92. The van der Waals surface area contributed by atoms with E-state index in [1.54, 1.807) is 0 Å². The SMILES string of the molecule is Cc1cccc(NC(=O)C[NH+](C)CC(=O)c2cc(C)n(C)c2C)c1C. The Bertz CT molecular complexity index is 806. The smallest absolute Gasteiger partial charge is 0.279 e. The van der Waals surface area contributed by atoms with Crippen molar-refractivity contribution in [3.8, 4) is 0 Å². The van der Waals surface area contributed by atoms with Crippen LogP contribution in [-0.2, 0) is 11.8 Å². The van der Waals surface area contributed by atoms with Gasteiger partial charge in [-0.05, 0) is 51.0 Å². The van der Waals surface area contributed by atoms with Crippen molar-refractivity contribution in [2.75, 3.05) is 25.5 Å². The van der Waals surface area contributed by atoms with Gasteiger partial charge in [-0.25, -0.2) is 0 Å². The topological polar surface area (TPSA) is 55.5 Å². The zero-order valence-corrected chi connectivity index (χ0v) is 16.0. The predicted octanol–water partition coefficient (Wildman–Crippen LogP) is 1.59. The van der Waals surface area contributed by atoms with Crippen molar-refractivity contribution in [1.82, 2.24) is 4.57 Å². The van der Waals surface area contributed by atoms with Gasteiger partial charge < -0.3 is 14.8 Å². The van der Waals surface area contributed by atoms with Crippen molar-refractivity contribution in [1.29, 1.82) is 0 Å². The van der Waals surface area contributed by atoms with Crippen molar-refractivity contribution in [2.45, 2.75) is 27.7 Å². The Hall–Kier alpha value is -2.40. The van der Waals surface area contributed by atoms with Crippen LogP contribution in [0.25, 0.3) is 0 Å². The Kier molecular flexibility index (Phi) is 5.80. The van der Waals surface area contributed by atoms with Crippen LogP contribution < -0.4 is 10.2 Å². The lowest BCUT2D eigenvalue weighted by atomic mass is 10.1. The molecular formula is C20H28N3O2+. The molecule has 2 N–H and O–H groups in total. The molecule has 2 rings (SSSR count). The number of carbonyl (C=O) groups excluding carboxylic acids is 2. The first kappa shape index (κ1) is 18.9. The second-order valence-corrected chi connectivity index (χ2v) is 6.87. The van der Waals surface area contributed by atoms with E-state index >= 15 is 0 Å². The number of aromatic nitrogens is 1. The van der Waals surface area contributed by atoms with Gasteiger partial charge in [0.2, 0.25) is 5.78 Å². The lowest BCUT2D eigenvalue weighted by Gasteiger charge is -2.14. The summed E-state index contributed by atoms with van der Waals surface area (Å²) >= 11 is 0. The average molecular weight is 342 g/mol. The molecule has 0 fully saturated rings. The van der Waals surface area contributed by atoms with E-state index in [-0.39, 0.29) is 18.2 Å². The highest BCUT2D eigenvalue weighted by molar-refractivity contribution is 5.98. The molecule has 5 nitrogen and oxygen atoms in total. The van der Waals surface area contributed by atoms with Crippen molar-refractivity contribution in [3.05, 3.63) is 52.3 Å². The van der Waals surface area contributed by atoms with E-state index in [2.05, 4.69) is 5.32 Å². The first-order chi connectivity index (χ1) is 11.7. The van der Waals surface area contributed by atoms with E-state index in [1.165, 1.54) is 0 Å². The molecule has 1 aromatic heterocycles. The minimum Gasteiger partial charge on any atom is -0.351 e. The molecule has 0 aliphatic carbocycles. The summed E-state index contributed by atoms with van der Waals surface area (Å²) in [5, 5.41) is 2.94. The van der Waals surface area contributed by atoms with E-state index in [9.17, 15) is 9.59 Å². The molecule has 134 valence electrons. The van der Waals surface area contributed by atoms with Crippen LogP contribution >= 0.6 is 0 Å². The Labute approximate surface area is 149 Å². The van der Waals surface area contributed by atoms with Gasteiger partial charge in [-0.3, -0.25) is 9.59 Å². The predicted molar refractivity (Wildman–Crippen MR) is 100 cm³/mol. The first-order valence-corrected chi connectivity index (χ1v) is 8.54. The van der Waals surface area contributed by atoms with E-state index in [0.29, 0.717) is 6.54 Å². The monoisotopic (exact) mass is 342 g/mol. The highest BCUT2D eigenvalue weighted by atomic mass is 16.2. The molecule has 0 radical (unpaired) electrons. The van der Waals surface area contributed by atoms with Gasteiger partial charge in [-0.15, -0.1) is 0 Å². The summed E-state index contributed by atoms with van der Waals surface area (Å²) in [6.45, 7) is 8.49. The van der Waals surface area contributed by atoms with E-state index in [4.69, 9.17) is 0 Å². The molecule has 0 saturated carbocycles. The number of ketones is 1. The number of hydrogen-bond acceptors (Lipinski definition) is 2. The number of nitrogens with one attached hydrogen (secondary N) is 2. The average Bonchev–Trinajstić information content (AvgIpc) is 2.79. The Morgan fingerprint density at radius 1 is 1.12 bits per heavy atom. The van der Waals surface area contributed by atoms with Crippen molar-refractivity contribution >= 4 is 17.4 Å². The van der Waals surface area contributed by atoms with Gasteiger partial charge in [-0.1, -0.05) is 12.1 Å². The molecule has 1 unspecified atom stereocenters. The number of Topliss-reactive ketones (excluding diaryl/α,β-unsaturated/α-hetero) is 1. The minimum atomic E-state index is -0.0834. The molecule has 1 aromatic carbocycles. The zero-order chi connectivity index (χ0) is 18.7. The molecular weight excluding hydrogens is 314 g/mol. The molecule has 0 spiro atoms. The normalized spacial score (nSPS) is 12.1. The summed E-state index contributed by atoms with van der Waals surface area (Å²) in [7, 11) is 3.82. The summed E-state index contributed by atoms with van der Waals surface area (Å²) < 4.78 is 2.01. The largest absolute Gasteiger partial charge is 0.351 e. The van der Waals surface area contributed by atoms with Gasteiger partial charge >= 0.3 is 0 Å². The summed E-state index contributed by atoms with van der Waals surface area (Å²) in [4.78, 5) is 25.7. The summed E-state index contributed by atoms with van der Waals surface area (Å²) in [5.41, 5.74) is 5.82. The van der Waals surface area contributed by atoms with Gasteiger partial charge in [0.15, 0.2) is 6.54 Å². The Morgan fingerprint density at radius 2 is 1.80 bits per heavy atom. The molecule has 0 saturated heterocycles. The Morgan fingerprint density at radius 3 is 2.40 bits per heavy atom. The van der Waals surface area contributed by atoms with Gasteiger partial charge in [0, 0.05) is 29.7 Å². The fraction of sp³-hybridized carbons (Fsp3) is 0.400. The number of aryl methyl sites for hydroxylation is 2. The van der Waals surface area contributed by atoms with Crippen LogP contribution in [0, 0.1) is 27.7 Å². The molecule has 2 aromatic rings. The fourth-order valence-corrected chi connectivity index (χ4v) is 2.92. The highest BCUT2D eigenvalue weighted by Gasteiger charge is 2.19. The van der Waals surface area contributed by atoms with Crippen molar-refractivity contribution < 1.29 is 14.5 Å². The van der Waals surface area contributed by atoms with Gasteiger partial charge in [0.1, 0.15) is 6.54 Å². The third kappa shape index (κ3) is 4.37. The number of likely N-dealkylation sites (N-methyl/N-ethyl adjacent to an activating group) is 1. The van der Waals surface area contributed by atoms with Crippen LogP contribution in [0.2, 0.25) is 0 Å².